The molecule has 0 aliphatic carbocycles. The van der Waals surface area contributed by atoms with Crippen molar-refractivity contribution >= 4 is 89.1 Å². The first-order chi connectivity index (χ1) is 33.8. The number of nitrogens with one attached hydrogen (secondary N) is 1. The largest absolute Gasteiger partial charge is 0.505 e. The molecule has 2 heterocycles. The van der Waals surface area contributed by atoms with Gasteiger partial charge in [-0.3, -0.25) is 38.3 Å². The number of rotatable bonds is 16. The zero-order chi connectivity index (χ0) is 51.3. The molecule has 2 aliphatic heterocycles. The fourth-order valence-corrected chi connectivity index (χ4v) is 11.0. The minimum absolute atomic E-state index is 0.0160. The maximum Gasteiger partial charge on any atom is 0.295 e. The van der Waals surface area contributed by atoms with E-state index in [4.69, 9.17) is 25.8 Å². The zero-order valence-electron chi connectivity index (χ0n) is 38.2. The van der Waals surface area contributed by atoms with Crippen LogP contribution in [0, 0.1) is 0 Å². The van der Waals surface area contributed by atoms with Gasteiger partial charge in [-0.25, -0.2) is 8.42 Å². The topological polar surface area (TPSA) is 268 Å². The standard InChI is InChI=1S/C48H41ClN6O14S2/c1-6-53(7-2)70(62,63)26-17-18-35(67-3)34(20-26)51-52-42-39-25(23-54-45(58)27-12-8-9-13-28(27)46(54)59)16-19-38(71(64,65)66)40(39)31(24-55-47(60)29-14-10-11-15-30(29)48(55)61)41(43(42)56)44(57)50-33-21-32(49)36(68-4)22-37(33)69-5/h8-22,56H,6-7,23-24H2,1-5H3,(H,50,57)(H,64,65,66). The molecule has 2 aliphatic rings. The van der Waals surface area contributed by atoms with Gasteiger partial charge in [0.05, 0.1) is 77.8 Å². The lowest BCUT2D eigenvalue weighted by molar-refractivity contribution is 0.0627. The maximum absolute atomic E-state index is 15.1. The highest BCUT2D eigenvalue weighted by molar-refractivity contribution is 7.89. The van der Waals surface area contributed by atoms with Gasteiger partial charge in [-0.15, -0.1) is 10.2 Å². The number of ether oxygens (including phenoxy) is 3. The van der Waals surface area contributed by atoms with Crippen LogP contribution in [0.1, 0.15) is 76.8 Å². The lowest BCUT2D eigenvalue weighted by Gasteiger charge is -2.24. The molecule has 8 rings (SSSR count). The lowest BCUT2D eigenvalue weighted by Crippen LogP contribution is -2.31. The molecule has 6 aromatic rings. The molecule has 0 aromatic heterocycles. The minimum Gasteiger partial charge on any atom is -0.505 e. The number of phenolic OH excluding ortho intramolecular Hbond substituents is 1. The van der Waals surface area contributed by atoms with Crippen LogP contribution in [-0.2, 0) is 33.2 Å². The minimum atomic E-state index is -5.41. The SMILES string of the molecule is CCN(CC)S(=O)(=O)c1ccc(OC)c(N=Nc2c(O)c(C(=O)Nc3cc(Cl)c(OC)cc3OC)c(CN3C(=O)c4ccccc4C3=O)c3c(S(=O)(=O)O)ccc(CN4C(=O)c5ccccc5C4=O)c23)c1. The van der Waals surface area contributed by atoms with Gasteiger partial charge in [-0.2, -0.15) is 12.7 Å². The van der Waals surface area contributed by atoms with E-state index in [2.05, 4.69) is 15.5 Å². The summed E-state index contributed by atoms with van der Waals surface area (Å²) >= 11 is 6.46. The van der Waals surface area contributed by atoms with Gasteiger partial charge < -0.3 is 24.6 Å². The number of hydrogen-bond acceptors (Lipinski definition) is 15. The predicted octanol–water partition coefficient (Wildman–Crippen LogP) is 7.76. The van der Waals surface area contributed by atoms with Gasteiger partial charge in [0.25, 0.3) is 39.7 Å². The van der Waals surface area contributed by atoms with Gasteiger partial charge in [0, 0.05) is 29.9 Å². The highest BCUT2D eigenvalue weighted by Gasteiger charge is 2.40. The zero-order valence-corrected chi connectivity index (χ0v) is 40.6. The van der Waals surface area contributed by atoms with Gasteiger partial charge >= 0.3 is 0 Å². The molecule has 0 radical (unpaired) electrons. The van der Waals surface area contributed by atoms with E-state index in [1.54, 1.807) is 26.0 Å². The van der Waals surface area contributed by atoms with Crippen LogP contribution in [-0.4, -0.2) is 105 Å². The van der Waals surface area contributed by atoms with Crippen LogP contribution in [0.3, 0.4) is 0 Å². The van der Waals surface area contributed by atoms with Gasteiger partial charge in [-0.1, -0.05) is 55.8 Å². The van der Waals surface area contributed by atoms with Crippen LogP contribution in [0.4, 0.5) is 17.1 Å². The van der Waals surface area contributed by atoms with E-state index in [9.17, 15) is 45.7 Å². The Bertz CT molecular complexity index is 3480. The van der Waals surface area contributed by atoms with Crippen molar-refractivity contribution in [2.75, 3.05) is 39.7 Å². The number of methoxy groups -OCH3 is 3. The quantitative estimate of drug-likeness (QED) is 0.0475. The number of sulfonamides is 1. The van der Waals surface area contributed by atoms with Crippen molar-refractivity contribution in [2.45, 2.75) is 36.7 Å². The summed E-state index contributed by atoms with van der Waals surface area (Å²) < 4.78 is 83.2. The highest BCUT2D eigenvalue weighted by Crippen LogP contribution is 2.49. The van der Waals surface area contributed by atoms with E-state index in [0.717, 1.165) is 23.1 Å². The van der Waals surface area contributed by atoms with Crippen molar-refractivity contribution in [2.24, 2.45) is 10.2 Å². The molecule has 6 aromatic carbocycles. The van der Waals surface area contributed by atoms with E-state index in [1.165, 1.54) is 86.3 Å². The normalized spacial score (nSPS) is 13.7. The van der Waals surface area contributed by atoms with E-state index >= 15 is 4.79 Å². The summed E-state index contributed by atoms with van der Waals surface area (Å²) in [7, 11) is -5.68. The van der Waals surface area contributed by atoms with Gasteiger partial charge in [-0.05, 0) is 65.7 Å². The summed E-state index contributed by atoms with van der Waals surface area (Å²) in [5, 5.41) is 22.9. The van der Waals surface area contributed by atoms with E-state index in [0.29, 0.717) is 4.90 Å². The maximum atomic E-state index is 15.1. The number of fused-ring (bicyclic) bond motifs is 3. The Kier molecular flexibility index (Phi) is 13.4. The van der Waals surface area contributed by atoms with E-state index < -0.39 is 101 Å². The van der Waals surface area contributed by atoms with Gasteiger partial charge in [0.1, 0.15) is 33.5 Å². The summed E-state index contributed by atoms with van der Waals surface area (Å²) in [6.45, 7) is 1.90. The second-order valence-corrected chi connectivity index (χ2v) is 19.5. The first-order valence-electron chi connectivity index (χ1n) is 21.3. The first kappa shape index (κ1) is 49.7. The molecular formula is C48H41ClN6O14S2. The van der Waals surface area contributed by atoms with Gasteiger partial charge in [0.2, 0.25) is 10.0 Å². The number of azo groups is 1. The van der Waals surface area contributed by atoms with E-state index in [1.807, 2.05) is 0 Å². The van der Waals surface area contributed by atoms with Crippen LogP contribution >= 0.6 is 11.6 Å². The molecule has 0 saturated heterocycles. The number of hydrogen-bond donors (Lipinski definition) is 3. The fraction of sp³-hybridized carbons (Fsp3) is 0.188. The van der Waals surface area contributed by atoms with Crippen LogP contribution in [0.25, 0.3) is 10.8 Å². The summed E-state index contributed by atoms with van der Waals surface area (Å²) in [6, 6.07) is 20.0. The number of halogens is 1. The number of benzene rings is 6. The Morgan fingerprint density at radius 1 is 0.690 bits per heavy atom. The Morgan fingerprint density at radius 2 is 1.23 bits per heavy atom. The van der Waals surface area contributed by atoms with Crippen molar-refractivity contribution in [1.29, 1.82) is 0 Å². The predicted molar refractivity (Wildman–Crippen MR) is 257 cm³/mol. The average Bonchev–Trinajstić information content (AvgIpc) is 3.73. The summed E-state index contributed by atoms with van der Waals surface area (Å²) in [6.07, 6.45) is 0. The average molecular weight is 1030 g/mol. The number of imide groups is 2. The summed E-state index contributed by atoms with van der Waals surface area (Å²) in [4.78, 5) is 71.3. The third-order valence-electron chi connectivity index (χ3n) is 11.9. The first-order valence-corrected chi connectivity index (χ1v) is 24.6. The molecule has 5 amide bonds. The summed E-state index contributed by atoms with van der Waals surface area (Å²) in [5.41, 5.74) is -2.60. The molecule has 3 N–H and O–H groups in total. The molecule has 0 spiro atoms. The van der Waals surface area contributed by atoms with Crippen molar-refractivity contribution in [3.8, 4) is 23.0 Å². The van der Waals surface area contributed by atoms with Gasteiger partial charge in [0.15, 0.2) is 5.75 Å². The summed E-state index contributed by atoms with van der Waals surface area (Å²) in [5.74, 6) is -5.50. The molecule has 71 heavy (non-hydrogen) atoms. The number of carbonyl (C=O) groups excluding carboxylic acids is 5. The molecule has 0 bridgehead atoms. The Labute approximate surface area is 410 Å². The van der Waals surface area contributed by atoms with Crippen LogP contribution in [0.15, 0.2) is 111 Å². The van der Waals surface area contributed by atoms with E-state index in [-0.39, 0.29) is 79.4 Å². The van der Waals surface area contributed by atoms with Crippen LogP contribution in [0.5, 0.6) is 23.0 Å². The molecule has 0 saturated carbocycles. The number of carbonyl (C=O) groups is 5. The third-order valence-corrected chi connectivity index (χ3v) is 15.2. The number of amides is 5. The molecule has 0 fully saturated rings. The third kappa shape index (κ3) is 8.69. The Hall–Kier alpha value is -7.76. The van der Waals surface area contributed by atoms with Crippen molar-refractivity contribution in [3.63, 3.8) is 0 Å². The molecule has 23 heteroatoms. The molecule has 366 valence electrons. The number of phenols is 1. The van der Waals surface area contributed by atoms with Crippen LogP contribution < -0.4 is 19.5 Å². The molecule has 0 atom stereocenters. The second-order valence-electron chi connectivity index (χ2n) is 15.7. The van der Waals surface area contributed by atoms with Crippen molar-refractivity contribution in [1.82, 2.24) is 14.1 Å². The van der Waals surface area contributed by atoms with Crippen molar-refractivity contribution in [3.05, 3.63) is 135 Å². The Balaban J connectivity index is 1.47. The fourth-order valence-electron chi connectivity index (χ4n) is 8.51. The number of aromatic hydroxyl groups is 1. The lowest BCUT2D eigenvalue weighted by atomic mass is 9.91. The molecular weight excluding hydrogens is 984 g/mol. The Morgan fingerprint density at radius 3 is 1.73 bits per heavy atom. The molecule has 20 nitrogen and oxygen atoms in total. The van der Waals surface area contributed by atoms with Crippen LogP contribution in [0.2, 0.25) is 5.02 Å². The number of anilines is 1. The molecule has 0 unspecified atom stereocenters. The monoisotopic (exact) mass is 1020 g/mol. The highest BCUT2D eigenvalue weighted by atomic mass is 35.5. The van der Waals surface area contributed by atoms with Crippen molar-refractivity contribution < 1.29 is 64.7 Å². The second kappa shape index (κ2) is 19.2. The smallest absolute Gasteiger partial charge is 0.295 e. The number of nitrogens with zero attached hydrogens (tertiary/aromatic N) is 5.